The molecule has 1 aliphatic rings. The number of hydrogen-bond donors (Lipinski definition) is 1. The largest absolute Gasteiger partial charge is 0.325 e. The monoisotopic (exact) mass is 318 g/mol. The average Bonchev–Trinajstić information content (AvgIpc) is 2.92. The van der Waals surface area contributed by atoms with Crippen LogP contribution in [0.5, 0.6) is 0 Å². The number of carbonyl (C=O) groups is 1. The van der Waals surface area contributed by atoms with Crippen molar-refractivity contribution in [3.05, 3.63) is 59.7 Å². The molecule has 1 heterocycles. The molecule has 0 fully saturated rings. The number of para-hydroxylation sites is 1. The van der Waals surface area contributed by atoms with Gasteiger partial charge in [0.15, 0.2) is 11.6 Å². The van der Waals surface area contributed by atoms with Crippen LogP contribution in [0.3, 0.4) is 0 Å². The van der Waals surface area contributed by atoms with E-state index in [9.17, 15) is 13.6 Å². The SMILES string of the molecule is O=C(CSC1=Nc2ccccc2C1)Nc1ccc(F)c(F)c1. The summed E-state index contributed by atoms with van der Waals surface area (Å²) < 4.78 is 25.9. The highest BCUT2D eigenvalue weighted by molar-refractivity contribution is 8.14. The molecule has 22 heavy (non-hydrogen) atoms. The lowest BCUT2D eigenvalue weighted by molar-refractivity contribution is -0.113. The number of carbonyl (C=O) groups excluding carboxylic acids is 1. The van der Waals surface area contributed by atoms with Crippen molar-refractivity contribution in [2.24, 2.45) is 4.99 Å². The van der Waals surface area contributed by atoms with Gasteiger partial charge >= 0.3 is 0 Å². The molecule has 112 valence electrons. The number of hydrogen-bond acceptors (Lipinski definition) is 3. The molecule has 0 spiro atoms. The molecular formula is C16H12F2N2OS. The standard InChI is InChI=1S/C16H12F2N2OS/c17-12-6-5-11(8-13(12)18)19-15(21)9-22-16-7-10-3-1-2-4-14(10)20-16/h1-6,8H,7,9H2,(H,19,21). The minimum absolute atomic E-state index is 0.172. The normalized spacial score (nSPS) is 12.7. The van der Waals surface area contributed by atoms with Gasteiger partial charge in [-0.2, -0.15) is 0 Å². The third kappa shape index (κ3) is 3.33. The smallest absolute Gasteiger partial charge is 0.234 e. The molecule has 0 radical (unpaired) electrons. The number of fused-ring (bicyclic) bond motifs is 1. The zero-order valence-electron chi connectivity index (χ0n) is 11.5. The van der Waals surface area contributed by atoms with Crippen LogP contribution in [0.25, 0.3) is 0 Å². The summed E-state index contributed by atoms with van der Waals surface area (Å²) in [6.45, 7) is 0. The topological polar surface area (TPSA) is 41.5 Å². The number of nitrogens with one attached hydrogen (secondary N) is 1. The number of benzene rings is 2. The first-order valence-corrected chi connectivity index (χ1v) is 7.63. The Labute approximate surface area is 130 Å². The molecule has 0 aromatic heterocycles. The van der Waals surface area contributed by atoms with Gasteiger partial charge in [-0.25, -0.2) is 13.8 Å². The van der Waals surface area contributed by atoms with Gasteiger partial charge in [0.1, 0.15) is 0 Å². The number of amides is 1. The van der Waals surface area contributed by atoms with Gasteiger partial charge in [0.2, 0.25) is 5.91 Å². The maximum Gasteiger partial charge on any atom is 0.234 e. The summed E-state index contributed by atoms with van der Waals surface area (Å²) in [5, 5.41) is 3.41. The number of halogens is 2. The van der Waals surface area contributed by atoms with Crippen LogP contribution in [-0.2, 0) is 11.2 Å². The van der Waals surface area contributed by atoms with Crippen LogP contribution in [-0.4, -0.2) is 16.7 Å². The third-order valence-corrected chi connectivity index (χ3v) is 4.13. The lowest BCUT2D eigenvalue weighted by Crippen LogP contribution is -2.15. The Hall–Kier alpha value is -2.21. The van der Waals surface area contributed by atoms with Gasteiger partial charge < -0.3 is 5.32 Å². The quantitative estimate of drug-likeness (QED) is 0.932. The fraction of sp³-hybridized carbons (Fsp3) is 0.125. The van der Waals surface area contributed by atoms with E-state index in [0.29, 0.717) is 0 Å². The molecule has 1 N–H and O–H groups in total. The Balaban J connectivity index is 1.54. The van der Waals surface area contributed by atoms with Gasteiger partial charge in [-0.15, -0.1) is 11.8 Å². The maximum atomic E-state index is 13.1. The number of thioether (sulfide) groups is 1. The first-order chi connectivity index (χ1) is 10.6. The Kier molecular flexibility index (Phi) is 4.20. The van der Waals surface area contributed by atoms with Crippen LogP contribution in [0.4, 0.5) is 20.2 Å². The number of anilines is 1. The van der Waals surface area contributed by atoms with Crippen molar-refractivity contribution in [2.45, 2.75) is 6.42 Å². The minimum Gasteiger partial charge on any atom is -0.325 e. The van der Waals surface area contributed by atoms with Gasteiger partial charge in [-0.05, 0) is 23.8 Å². The Morgan fingerprint density at radius 1 is 1.18 bits per heavy atom. The van der Waals surface area contributed by atoms with Crippen LogP contribution in [0, 0.1) is 11.6 Å². The van der Waals surface area contributed by atoms with Crippen LogP contribution in [0.2, 0.25) is 0 Å². The molecule has 3 rings (SSSR count). The highest BCUT2D eigenvalue weighted by atomic mass is 32.2. The van der Waals surface area contributed by atoms with E-state index in [1.807, 2.05) is 24.3 Å². The molecule has 2 aromatic carbocycles. The summed E-state index contributed by atoms with van der Waals surface area (Å²) in [4.78, 5) is 16.3. The van der Waals surface area contributed by atoms with E-state index in [1.54, 1.807) is 0 Å². The summed E-state index contributed by atoms with van der Waals surface area (Å²) in [6.07, 6.45) is 0.722. The summed E-state index contributed by atoms with van der Waals surface area (Å²) in [5.41, 5.74) is 2.32. The number of aliphatic imine (C=N–C) groups is 1. The van der Waals surface area contributed by atoms with Gasteiger partial charge in [-0.3, -0.25) is 4.79 Å². The summed E-state index contributed by atoms with van der Waals surface area (Å²) >= 11 is 1.35. The van der Waals surface area contributed by atoms with Gasteiger partial charge in [0.05, 0.1) is 16.5 Å². The van der Waals surface area contributed by atoms with Crippen molar-refractivity contribution >= 4 is 34.1 Å². The van der Waals surface area contributed by atoms with Crippen LogP contribution < -0.4 is 5.32 Å². The fourth-order valence-electron chi connectivity index (χ4n) is 2.11. The predicted octanol–water partition coefficient (Wildman–Crippen LogP) is 3.92. The lowest BCUT2D eigenvalue weighted by Gasteiger charge is -2.05. The molecule has 2 aromatic rings. The van der Waals surface area contributed by atoms with Crippen LogP contribution in [0.15, 0.2) is 47.5 Å². The Morgan fingerprint density at radius 2 is 2.00 bits per heavy atom. The van der Waals surface area contributed by atoms with Crippen molar-refractivity contribution in [2.75, 3.05) is 11.1 Å². The summed E-state index contributed by atoms with van der Waals surface area (Å²) in [7, 11) is 0. The van der Waals surface area contributed by atoms with E-state index in [4.69, 9.17) is 0 Å². The summed E-state index contributed by atoms with van der Waals surface area (Å²) in [5.74, 6) is -2.03. The average molecular weight is 318 g/mol. The molecule has 0 saturated carbocycles. The molecule has 0 saturated heterocycles. The van der Waals surface area contributed by atoms with Gasteiger partial charge in [0.25, 0.3) is 0 Å². The Bertz CT molecular complexity index is 762. The second kappa shape index (κ2) is 6.27. The molecule has 0 bridgehead atoms. The molecule has 1 aliphatic heterocycles. The van der Waals surface area contributed by atoms with Crippen LogP contribution in [0.1, 0.15) is 5.56 Å². The van der Waals surface area contributed by atoms with E-state index >= 15 is 0 Å². The molecule has 0 atom stereocenters. The van der Waals surface area contributed by atoms with Crippen molar-refractivity contribution < 1.29 is 13.6 Å². The molecule has 6 heteroatoms. The second-order valence-electron chi connectivity index (χ2n) is 4.78. The highest BCUT2D eigenvalue weighted by Crippen LogP contribution is 2.29. The lowest BCUT2D eigenvalue weighted by atomic mass is 10.2. The first kappa shape index (κ1) is 14.7. The van der Waals surface area contributed by atoms with Gasteiger partial charge in [0, 0.05) is 18.2 Å². The fourth-order valence-corrected chi connectivity index (χ4v) is 2.90. The molecule has 0 aliphatic carbocycles. The van der Waals surface area contributed by atoms with Crippen LogP contribution >= 0.6 is 11.8 Å². The third-order valence-electron chi connectivity index (χ3n) is 3.15. The highest BCUT2D eigenvalue weighted by Gasteiger charge is 2.15. The summed E-state index contributed by atoms with van der Waals surface area (Å²) in [6, 6.07) is 11.1. The predicted molar refractivity (Wildman–Crippen MR) is 84.7 cm³/mol. The van der Waals surface area contributed by atoms with E-state index in [1.165, 1.54) is 17.8 Å². The van der Waals surface area contributed by atoms with Crippen molar-refractivity contribution in [1.82, 2.24) is 0 Å². The molecular weight excluding hydrogens is 306 g/mol. The zero-order chi connectivity index (χ0) is 15.5. The molecule has 1 amide bonds. The zero-order valence-corrected chi connectivity index (χ0v) is 12.3. The van der Waals surface area contributed by atoms with Crippen molar-refractivity contribution in [3.63, 3.8) is 0 Å². The second-order valence-corrected chi connectivity index (χ2v) is 5.83. The van der Waals surface area contributed by atoms with E-state index in [-0.39, 0.29) is 17.3 Å². The first-order valence-electron chi connectivity index (χ1n) is 6.65. The van der Waals surface area contributed by atoms with Crippen molar-refractivity contribution in [1.29, 1.82) is 0 Å². The minimum atomic E-state index is -0.985. The van der Waals surface area contributed by atoms with E-state index < -0.39 is 11.6 Å². The Morgan fingerprint density at radius 3 is 2.77 bits per heavy atom. The van der Waals surface area contributed by atoms with E-state index in [2.05, 4.69) is 10.3 Å². The van der Waals surface area contributed by atoms with Gasteiger partial charge in [-0.1, -0.05) is 18.2 Å². The number of rotatable bonds is 3. The van der Waals surface area contributed by atoms with E-state index in [0.717, 1.165) is 34.8 Å². The molecule has 0 unspecified atom stereocenters. The van der Waals surface area contributed by atoms with Crippen molar-refractivity contribution in [3.8, 4) is 0 Å². The molecule has 3 nitrogen and oxygen atoms in total. The number of nitrogens with zero attached hydrogens (tertiary/aromatic N) is 1. The maximum absolute atomic E-state index is 13.1.